The van der Waals surface area contributed by atoms with Crippen molar-refractivity contribution < 1.29 is 9.18 Å². The molecule has 8 heteroatoms. The Balaban J connectivity index is 1.35. The third-order valence-electron chi connectivity index (χ3n) is 5.27. The van der Waals surface area contributed by atoms with Gasteiger partial charge in [-0.25, -0.2) is 14.2 Å². The van der Waals surface area contributed by atoms with Crippen molar-refractivity contribution in [1.29, 1.82) is 0 Å². The molecule has 0 spiro atoms. The van der Waals surface area contributed by atoms with Crippen LogP contribution in [-0.4, -0.2) is 60.2 Å². The Hall–Kier alpha value is -2.90. The van der Waals surface area contributed by atoms with Gasteiger partial charge in [0.25, 0.3) is 0 Å². The molecule has 2 saturated heterocycles. The minimum absolute atomic E-state index is 0.205. The van der Waals surface area contributed by atoms with E-state index in [0.29, 0.717) is 26.2 Å². The maximum absolute atomic E-state index is 13.7. The zero-order valence-corrected chi connectivity index (χ0v) is 15.9. The summed E-state index contributed by atoms with van der Waals surface area (Å²) >= 11 is 0. The van der Waals surface area contributed by atoms with E-state index in [9.17, 15) is 9.18 Å². The van der Waals surface area contributed by atoms with Crippen molar-refractivity contribution >= 4 is 23.5 Å². The smallest absolute Gasteiger partial charge is 0.322 e. The Morgan fingerprint density at radius 1 is 0.929 bits per heavy atom. The molecule has 28 heavy (non-hydrogen) atoms. The lowest BCUT2D eigenvalue weighted by Crippen LogP contribution is -2.50. The van der Waals surface area contributed by atoms with Crippen LogP contribution < -0.4 is 15.1 Å². The van der Waals surface area contributed by atoms with Gasteiger partial charge < -0.3 is 20.0 Å². The van der Waals surface area contributed by atoms with E-state index >= 15 is 0 Å². The molecule has 7 nitrogen and oxygen atoms in total. The van der Waals surface area contributed by atoms with Crippen molar-refractivity contribution in [2.75, 3.05) is 54.4 Å². The average Bonchev–Trinajstić information content (AvgIpc) is 2.76. The van der Waals surface area contributed by atoms with E-state index < -0.39 is 5.82 Å². The molecule has 2 aromatic rings. The summed E-state index contributed by atoms with van der Waals surface area (Å²) in [4.78, 5) is 27.7. The molecular weight excluding hydrogens is 359 g/mol. The second-order valence-corrected chi connectivity index (χ2v) is 7.15. The quantitative estimate of drug-likeness (QED) is 0.881. The topological polar surface area (TPSA) is 64.6 Å². The summed E-state index contributed by atoms with van der Waals surface area (Å²) in [5, 5.41) is 2.65. The van der Waals surface area contributed by atoms with Gasteiger partial charge in [0.2, 0.25) is 5.95 Å². The number of amides is 2. The van der Waals surface area contributed by atoms with Crippen LogP contribution in [0.5, 0.6) is 0 Å². The second-order valence-electron chi connectivity index (χ2n) is 7.15. The first kappa shape index (κ1) is 18.5. The molecule has 148 valence electrons. The fourth-order valence-corrected chi connectivity index (χ4v) is 3.66. The predicted octanol–water partition coefficient (Wildman–Crippen LogP) is 2.96. The summed E-state index contributed by atoms with van der Waals surface area (Å²) in [5.41, 5.74) is 0.205. The lowest BCUT2D eigenvalue weighted by Gasteiger charge is -2.35. The van der Waals surface area contributed by atoms with Gasteiger partial charge in [-0.05, 0) is 37.5 Å². The third-order valence-corrected chi connectivity index (χ3v) is 5.27. The Morgan fingerprint density at radius 3 is 2.43 bits per heavy atom. The van der Waals surface area contributed by atoms with E-state index in [0.717, 1.165) is 24.9 Å². The molecule has 2 amide bonds. The molecule has 1 N–H and O–H groups in total. The van der Waals surface area contributed by atoms with Gasteiger partial charge in [-0.1, -0.05) is 12.1 Å². The van der Waals surface area contributed by atoms with Gasteiger partial charge in [0.05, 0.1) is 5.69 Å². The van der Waals surface area contributed by atoms with E-state index in [4.69, 9.17) is 4.98 Å². The van der Waals surface area contributed by atoms with Gasteiger partial charge >= 0.3 is 6.03 Å². The lowest BCUT2D eigenvalue weighted by atomic mass is 10.1. The lowest BCUT2D eigenvalue weighted by molar-refractivity contribution is 0.208. The maximum Gasteiger partial charge on any atom is 0.322 e. The Kier molecular flexibility index (Phi) is 5.55. The number of benzene rings is 1. The summed E-state index contributed by atoms with van der Waals surface area (Å²) < 4.78 is 13.7. The predicted molar refractivity (Wildman–Crippen MR) is 107 cm³/mol. The summed E-state index contributed by atoms with van der Waals surface area (Å²) in [6, 6.07) is 7.84. The van der Waals surface area contributed by atoms with Crippen molar-refractivity contribution in [3.8, 4) is 0 Å². The van der Waals surface area contributed by atoms with E-state index in [1.165, 1.54) is 25.3 Å². The number of carbonyl (C=O) groups excluding carboxylic acids is 1. The summed E-state index contributed by atoms with van der Waals surface area (Å²) in [7, 11) is 0. The maximum atomic E-state index is 13.7. The van der Waals surface area contributed by atoms with Crippen LogP contribution in [0.15, 0.2) is 36.5 Å². The van der Waals surface area contributed by atoms with Crippen LogP contribution in [0.2, 0.25) is 0 Å². The van der Waals surface area contributed by atoms with Gasteiger partial charge in [0.1, 0.15) is 11.6 Å². The molecule has 3 heterocycles. The molecule has 2 aliphatic heterocycles. The fraction of sp³-hybridized carbons (Fsp3) is 0.450. The number of piperazine rings is 1. The van der Waals surface area contributed by atoms with Crippen molar-refractivity contribution in [3.05, 3.63) is 42.3 Å². The summed E-state index contributed by atoms with van der Waals surface area (Å²) in [6.07, 6.45) is 5.45. The molecule has 0 atom stereocenters. The first-order chi connectivity index (χ1) is 13.7. The first-order valence-electron chi connectivity index (χ1n) is 9.84. The van der Waals surface area contributed by atoms with Crippen LogP contribution in [0.4, 0.5) is 26.6 Å². The molecule has 0 aliphatic carbocycles. The second kappa shape index (κ2) is 8.41. The number of aromatic nitrogens is 2. The molecule has 1 aromatic heterocycles. The highest BCUT2D eigenvalue weighted by Crippen LogP contribution is 2.20. The number of urea groups is 1. The SMILES string of the molecule is O=C(Nc1ccccc1F)N1CCN(c2ccnc(N3CCCCC3)n2)CC1. The number of halogens is 1. The monoisotopic (exact) mass is 384 g/mol. The Morgan fingerprint density at radius 2 is 1.68 bits per heavy atom. The van der Waals surface area contributed by atoms with Gasteiger partial charge in [0.15, 0.2) is 0 Å². The minimum atomic E-state index is -0.430. The highest BCUT2D eigenvalue weighted by atomic mass is 19.1. The van der Waals surface area contributed by atoms with Crippen molar-refractivity contribution in [2.45, 2.75) is 19.3 Å². The molecule has 0 unspecified atom stereocenters. The van der Waals surface area contributed by atoms with Gasteiger partial charge in [-0.15, -0.1) is 0 Å². The van der Waals surface area contributed by atoms with E-state index in [1.54, 1.807) is 23.1 Å². The number of hydrogen-bond acceptors (Lipinski definition) is 5. The van der Waals surface area contributed by atoms with Gasteiger partial charge in [0, 0.05) is 45.5 Å². The van der Waals surface area contributed by atoms with Crippen molar-refractivity contribution in [2.24, 2.45) is 0 Å². The van der Waals surface area contributed by atoms with E-state index in [2.05, 4.69) is 20.1 Å². The molecule has 0 saturated carbocycles. The van der Waals surface area contributed by atoms with Gasteiger partial charge in [-0.3, -0.25) is 0 Å². The van der Waals surface area contributed by atoms with E-state index in [1.807, 2.05) is 12.3 Å². The zero-order chi connectivity index (χ0) is 19.3. The largest absolute Gasteiger partial charge is 0.353 e. The number of anilines is 3. The third kappa shape index (κ3) is 4.16. The Bertz CT molecular complexity index is 818. The summed E-state index contributed by atoms with van der Waals surface area (Å²) in [5.74, 6) is 1.25. The van der Waals surface area contributed by atoms with Crippen LogP contribution in [-0.2, 0) is 0 Å². The van der Waals surface area contributed by atoms with Gasteiger partial charge in [-0.2, -0.15) is 4.98 Å². The van der Waals surface area contributed by atoms with E-state index in [-0.39, 0.29) is 11.7 Å². The van der Waals surface area contributed by atoms with Crippen molar-refractivity contribution in [3.63, 3.8) is 0 Å². The fourth-order valence-electron chi connectivity index (χ4n) is 3.66. The molecule has 2 fully saturated rings. The number of nitrogens with zero attached hydrogens (tertiary/aromatic N) is 5. The first-order valence-corrected chi connectivity index (χ1v) is 9.84. The van der Waals surface area contributed by atoms with Crippen LogP contribution in [0, 0.1) is 5.82 Å². The minimum Gasteiger partial charge on any atom is -0.353 e. The molecule has 2 aliphatic rings. The van der Waals surface area contributed by atoms with Crippen LogP contribution in [0.25, 0.3) is 0 Å². The molecule has 4 rings (SSSR count). The molecular formula is C20H25FN6O. The highest BCUT2D eigenvalue weighted by molar-refractivity contribution is 5.89. The summed E-state index contributed by atoms with van der Waals surface area (Å²) in [6.45, 7) is 4.50. The van der Waals surface area contributed by atoms with Crippen molar-refractivity contribution in [1.82, 2.24) is 14.9 Å². The number of para-hydroxylation sites is 1. The number of carbonyl (C=O) groups is 1. The standard InChI is InChI=1S/C20H25FN6O/c21-16-6-2-3-7-17(16)23-20(28)27-14-12-25(13-15-27)18-8-9-22-19(24-18)26-10-4-1-5-11-26/h2-3,6-9H,1,4-5,10-15H2,(H,23,28). The zero-order valence-electron chi connectivity index (χ0n) is 15.9. The number of hydrogen-bond donors (Lipinski definition) is 1. The number of piperidine rings is 1. The highest BCUT2D eigenvalue weighted by Gasteiger charge is 2.23. The van der Waals surface area contributed by atoms with Crippen LogP contribution in [0.1, 0.15) is 19.3 Å². The average molecular weight is 384 g/mol. The van der Waals surface area contributed by atoms with Crippen LogP contribution >= 0.6 is 0 Å². The molecule has 0 radical (unpaired) electrons. The molecule has 1 aromatic carbocycles. The Labute approximate surface area is 164 Å². The normalized spacial score (nSPS) is 17.5. The number of rotatable bonds is 3. The number of nitrogens with one attached hydrogen (secondary N) is 1. The van der Waals surface area contributed by atoms with Crippen LogP contribution in [0.3, 0.4) is 0 Å². The molecule has 0 bridgehead atoms.